The summed E-state index contributed by atoms with van der Waals surface area (Å²) in [7, 11) is 1.39. The summed E-state index contributed by atoms with van der Waals surface area (Å²) in [4.78, 5) is 18.3. The minimum Gasteiger partial charge on any atom is -0.493 e. The molecule has 2 aromatic rings. The van der Waals surface area contributed by atoms with Crippen LogP contribution in [-0.2, 0) is 0 Å². The molecular formula is C31H40F2N2O3. The monoisotopic (exact) mass is 526 g/mol. The van der Waals surface area contributed by atoms with Gasteiger partial charge >= 0.3 is 6.61 Å². The maximum atomic E-state index is 13.9. The first-order valence-electron chi connectivity index (χ1n) is 13.8. The second-order valence-corrected chi connectivity index (χ2v) is 10.6. The van der Waals surface area contributed by atoms with Gasteiger partial charge in [-0.3, -0.25) is 9.69 Å². The van der Waals surface area contributed by atoms with Gasteiger partial charge in [0.2, 0.25) is 0 Å². The zero-order valence-electron chi connectivity index (χ0n) is 22.6. The molecule has 0 bridgehead atoms. The fourth-order valence-corrected chi connectivity index (χ4v) is 5.88. The summed E-state index contributed by atoms with van der Waals surface area (Å²) in [6, 6.07) is 14.8. The Morgan fingerprint density at radius 2 is 1.82 bits per heavy atom. The Kier molecular flexibility index (Phi) is 10.2. The molecule has 1 aliphatic heterocycles. The van der Waals surface area contributed by atoms with Gasteiger partial charge in [0.1, 0.15) is 0 Å². The van der Waals surface area contributed by atoms with E-state index in [-0.39, 0.29) is 17.4 Å². The van der Waals surface area contributed by atoms with Crippen LogP contribution < -0.4 is 9.47 Å². The van der Waals surface area contributed by atoms with E-state index in [1.807, 2.05) is 42.2 Å². The summed E-state index contributed by atoms with van der Waals surface area (Å²) < 4.78 is 35.9. The number of nitrogens with zero attached hydrogens (tertiary/aromatic N) is 2. The van der Waals surface area contributed by atoms with E-state index in [2.05, 4.69) is 15.7 Å². The van der Waals surface area contributed by atoms with Crippen molar-refractivity contribution in [3.63, 3.8) is 0 Å². The van der Waals surface area contributed by atoms with E-state index in [0.29, 0.717) is 24.7 Å². The molecule has 1 heterocycles. The third kappa shape index (κ3) is 7.79. The molecular weight excluding hydrogens is 486 g/mol. The van der Waals surface area contributed by atoms with E-state index in [9.17, 15) is 13.6 Å². The van der Waals surface area contributed by atoms with Gasteiger partial charge in [-0.05, 0) is 68.8 Å². The summed E-state index contributed by atoms with van der Waals surface area (Å²) in [6.45, 7) is 2.24. The molecule has 2 aromatic carbocycles. The topological polar surface area (TPSA) is 42.0 Å². The maximum absolute atomic E-state index is 13.9. The molecule has 4 rings (SSSR count). The van der Waals surface area contributed by atoms with Crippen LogP contribution >= 0.6 is 0 Å². The van der Waals surface area contributed by atoms with Crippen molar-refractivity contribution in [3.8, 4) is 11.5 Å². The van der Waals surface area contributed by atoms with Crippen molar-refractivity contribution in [1.29, 1.82) is 0 Å². The van der Waals surface area contributed by atoms with Gasteiger partial charge < -0.3 is 14.4 Å². The van der Waals surface area contributed by atoms with Gasteiger partial charge in [-0.1, -0.05) is 61.2 Å². The third-order valence-electron chi connectivity index (χ3n) is 7.71. The second kappa shape index (κ2) is 13.7. The number of alkyl halides is 2. The molecule has 1 unspecified atom stereocenters. The molecule has 1 amide bonds. The van der Waals surface area contributed by atoms with Gasteiger partial charge in [-0.15, -0.1) is 0 Å². The fraction of sp³-hybridized carbons (Fsp3) is 0.516. The van der Waals surface area contributed by atoms with E-state index < -0.39 is 6.61 Å². The van der Waals surface area contributed by atoms with Gasteiger partial charge in [0.05, 0.1) is 7.11 Å². The van der Waals surface area contributed by atoms with Crippen molar-refractivity contribution in [2.45, 2.75) is 64.5 Å². The zero-order chi connectivity index (χ0) is 26.9. The van der Waals surface area contributed by atoms with Crippen molar-refractivity contribution in [1.82, 2.24) is 9.80 Å². The highest BCUT2D eigenvalue weighted by molar-refractivity contribution is 5.95. The van der Waals surface area contributed by atoms with Gasteiger partial charge in [0.25, 0.3) is 5.91 Å². The minimum atomic E-state index is -3.01. The fourth-order valence-electron chi connectivity index (χ4n) is 5.88. The molecule has 1 saturated carbocycles. The van der Waals surface area contributed by atoms with E-state index in [1.54, 1.807) is 6.07 Å². The number of hydrogen-bond donors (Lipinski definition) is 0. The smallest absolute Gasteiger partial charge is 0.387 e. The number of amides is 1. The number of hydrogen-bond acceptors (Lipinski definition) is 4. The number of halogens is 2. The van der Waals surface area contributed by atoms with Gasteiger partial charge in [0, 0.05) is 31.2 Å². The maximum Gasteiger partial charge on any atom is 0.387 e. The van der Waals surface area contributed by atoms with Gasteiger partial charge in [0.15, 0.2) is 11.5 Å². The predicted octanol–water partition coefficient (Wildman–Crippen LogP) is 6.89. The molecule has 7 heteroatoms. The van der Waals surface area contributed by atoms with E-state index >= 15 is 0 Å². The number of likely N-dealkylation sites (tertiary alicyclic amines) is 1. The molecule has 0 aromatic heterocycles. The highest BCUT2D eigenvalue weighted by Gasteiger charge is 2.31. The predicted molar refractivity (Wildman–Crippen MR) is 147 cm³/mol. The molecule has 1 saturated heterocycles. The molecule has 206 valence electrons. The number of rotatable bonds is 11. The average molecular weight is 527 g/mol. The van der Waals surface area contributed by atoms with Crippen molar-refractivity contribution < 1.29 is 23.0 Å². The van der Waals surface area contributed by atoms with Crippen molar-refractivity contribution in [2.75, 3.05) is 33.3 Å². The first kappa shape index (κ1) is 28.1. The van der Waals surface area contributed by atoms with Crippen LogP contribution in [0.15, 0.2) is 54.1 Å². The molecule has 0 radical (unpaired) electrons. The van der Waals surface area contributed by atoms with Crippen LogP contribution in [0.4, 0.5) is 8.78 Å². The SMILES string of the molecule is COc1ccc(C(=O)N(C/C(C)=C/c2ccccc2)CC2CCCN2CC2CCCCC2)cc1OC(F)F. The van der Waals surface area contributed by atoms with Gasteiger partial charge in [-0.25, -0.2) is 0 Å². The summed E-state index contributed by atoms with van der Waals surface area (Å²) >= 11 is 0. The quantitative estimate of drug-likeness (QED) is 0.320. The molecule has 0 N–H and O–H groups in total. The largest absolute Gasteiger partial charge is 0.493 e. The molecule has 38 heavy (non-hydrogen) atoms. The minimum absolute atomic E-state index is 0.135. The van der Waals surface area contributed by atoms with Crippen molar-refractivity contribution >= 4 is 12.0 Å². The van der Waals surface area contributed by atoms with Crippen molar-refractivity contribution in [2.24, 2.45) is 5.92 Å². The number of methoxy groups -OCH3 is 1. The average Bonchev–Trinajstić information content (AvgIpc) is 3.35. The molecule has 0 spiro atoms. The zero-order valence-corrected chi connectivity index (χ0v) is 22.6. The Bertz CT molecular complexity index is 1070. The lowest BCUT2D eigenvalue weighted by Crippen LogP contribution is -2.45. The standard InChI is InChI=1S/C31H40F2N2O3/c1-23(18-24-10-5-3-6-11-24)20-35(22-27-14-9-17-34(27)21-25-12-7-4-8-13-25)30(36)26-15-16-28(37-2)29(19-26)38-31(32)33/h3,5-6,10-11,15-16,18-19,25,27,31H,4,7-9,12-14,17,20-22H2,1-2H3/b23-18+. The van der Waals surface area contributed by atoms with Crippen LogP contribution in [0.25, 0.3) is 6.08 Å². The second-order valence-electron chi connectivity index (χ2n) is 10.6. The van der Waals surface area contributed by atoms with Crippen LogP contribution in [0, 0.1) is 5.92 Å². The number of benzene rings is 2. The van der Waals surface area contributed by atoms with Crippen LogP contribution in [-0.4, -0.2) is 61.6 Å². The van der Waals surface area contributed by atoms with Crippen molar-refractivity contribution in [3.05, 3.63) is 65.2 Å². The normalized spacial score (nSPS) is 19.1. The highest BCUT2D eigenvalue weighted by Crippen LogP contribution is 2.31. The lowest BCUT2D eigenvalue weighted by molar-refractivity contribution is -0.0512. The molecule has 2 aliphatic rings. The Labute approximate surface area is 225 Å². The molecule has 1 aliphatic carbocycles. The Morgan fingerprint density at radius 1 is 1.05 bits per heavy atom. The first-order chi connectivity index (χ1) is 18.4. The van der Waals surface area contributed by atoms with Crippen LogP contribution in [0.1, 0.15) is 67.8 Å². The number of ether oxygens (including phenoxy) is 2. The lowest BCUT2D eigenvalue weighted by atomic mass is 9.89. The summed E-state index contributed by atoms with van der Waals surface area (Å²) in [5.74, 6) is 0.577. The molecule has 5 nitrogen and oxygen atoms in total. The molecule has 2 fully saturated rings. The number of carbonyl (C=O) groups is 1. The van der Waals surface area contributed by atoms with Gasteiger partial charge in [-0.2, -0.15) is 8.78 Å². The Hall–Kier alpha value is -2.93. The third-order valence-corrected chi connectivity index (χ3v) is 7.71. The van der Waals surface area contributed by atoms with Crippen LogP contribution in [0.2, 0.25) is 0 Å². The van der Waals surface area contributed by atoms with E-state index in [0.717, 1.165) is 43.0 Å². The van der Waals surface area contributed by atoms with E-state index in [4.69, 9.17) is 4.74 Å². The first-order valence-corrected chi connectivity index (χ1v) is 13.8. The number of carbonyl (C=O) groups excluding carboxylic acids is 1. The van der Waals surface area contributed by atoms with Crippen LogP contribution in [0.5, 0.6) is 11.5 Å². The Morgan fingerprint density at radius 3 is 2.53 bits per heavy atom. The lowest BCUT2D eigenvalue weighted by Gasteiger charge is -2.34. The summed E-state index contributed by atoms with van der Waals surface area (Å²) in [5, 5.41) is 0. The van der Waals surface area contributed by atoms with E-state index in [1.165, 1.54) is 51.3 Å². The summed E-state index contributed by atoms with van der Waals surface area (Å²) in [6.07, 6.45) is 10.8. The Balaban J connectivity index is 1.56. The van der Waals surface area contributed by atoms with Crippen LogP contribution in [0.3, 0.4) is 0 Å². The highest BCUT2D eigenvalue weighted by atomic mass is 19.3. The summed E-state index contributed by atoms with van der Waals surface area (Å²) in [5.41, 5.74) is 2.44. The molecule has 1 atom stereocenters.